The number of Topliss-reactive ketones (excluding diaryl/α,β-unsaturated/α-hetero) is 1. The van der Waals surface area contributed by atoms with Crippen LogP contribution in [0.4, 0.5) is 0 Å². The maximum absolute atomic E-state index is 13.4. The molecule has 0 aromatic heterocycles. The first-order valence-corrected chi connectivity index (χ1v) is 13.8. The Labute approximate surface area is 232 Å². The van der Waals surface area contributed by atoms with Crippen LogP contribution in [-0.2, 0) is 9.59 Å². The smallest absolute Gasteiger partial charge is 0.295 e. The Hall–Kier alpha value is -3.52. The van der Waals surface area contributed by atoms with Crippen molar-refractivity contribution < 1.29 is 28.9 Å². The molecule has 1 saturated heterocycles. The molecule has 1 atom stereocenters. The molecule has 0 radical (unpaired) electrons. The standard InChI is InChI=1S/C31H42N2O6/c1-6-8-9-19-39-25-15-14-22(21-26(25)37-5)28-27(30(35)31(36)33(28)17-11-16-32(3)4)29(34)23-12-10-13-24(20-23)38-18-7-2/h10,12-15,20-21,28,34H,6-9,11,16-19H2,1-5H3/b29-27+. The van der Waals surface area contributed by atoms with Crippen LogP contribution in [-0.4, -0.2) is 74.1 Å². The van der Waals surface area contributed by atoms with Crippen molar-refractivity contribution in [1.82, 2.24) is 9.80 Å². The molecule has 0 saturated carbocycles. The quantitative estimate of drug-likeness (QED) is 0.140. The maximum Gasteiger partial charge on any atom is 0.295 e. The molecule has 0 spiro atoms. The Morgan fingerprint density at radius 2 is 1.74 bits per heavy atom. The van der Waals surface area contributed by atoms with Crippen molar-refractivity contribution in [1.29, 1.82) is 0 Å². The van der Waals surface area contributed by atoms with Crippen LogP contribution in [0.2, 0.25) is 0 Å². The van der Waals surface area contributed by atoms with Gasteiger partial charge in [-0.15, -0.1) is 0 Å². The molecule has 39 heavy (non-hydrogen) atoms. The number of likely N-dealkylation sites (tertiary alicyclic amines) is 1. The third-order valence-corrected chi connectivity index (χ3v) is 6.63. The maximum atomic E-state index is 13.4. The molecule has 212 valence electrons. The number of carbonyl (C=O) groups excluding carboxylic acids is 2. The largest absolute Gasteiger partial charge is 0.507 e. The summed E-state index contributed by atoms with van der Waals surface area (Å²) in [5.74, 6) is 0.136. The van der Waals surface area contributed by atoms with Crippen LogP contribution < -0.4 is 14.2 Å². The first-order chi connectivity index (χ1) is 18.8. The van der Waals surface area contributed by atoms with Crippen molar-refractivity contribution in [3.05, 3.63) is 59.2 Å². The highest BCUT2D eigenvalue weighted by Crippen LogP contribution is 2.42. The number of carbonyl (C=O) groups is 2. The lowest BCUT2D eigenvalue weighted by atomic mass is 9.95. The summed E-state index contributed by atoms with van der Waals surface area (Å²) in [7, 11) is 5.49. The van der Waals surface area contributed by atoms with Crippen LogP contribution in [0.15, 0.2) is 48.0 Å². The van der Waals surface area contributed by atoms with Crippen LogP contribution in [0.5, 0.6) is 17.2 Å². The summed E-state index contributed by atoms with van der Waals surface area (Å²) in [6.07, 6.45) is 4.63. The molecule has 2 aromatic carbocycles. The van der Waals surface area contributed by atoms with E-state index in [9.17, 15) is 14.7 Å². The molecule has 1 fully saturated rings. The molecule has 3 rings (SSSR count). The van der Waals surface area contributed by atoms with E-state index in [1.807, 2.05) is 32.0 Å². The predicted molar refractivity (Wildman–Crippen MR) is 152 cm³/mol. The fourth-order valence-electron chi connectivity index (χ4n) is 4.63. The third-order valence-electron chi connectivity index (χ3n) is 6.63. The number of hydrogen-bond donors (Lipinski definition) is 1. The molecule has 0 bridgehead atoms. The van der Waals surface area contributed by atoms with Gasteiger partial charge in [0.15, 0.2) is 11.5 Å². The zero-order valence-corrected chi connectivity index (χ0v) is 23.9. The van der Waals surface area contributed by atoms with Crippen molar-refractivity contribution in [2.75, 3.05) is 47.5 Å². The number of aliphatic hydroxyl groups excluding tert-OH is 1. The molecule has 1 heterocycles. The number of benzene rings is 2. The third kappa shape index (κ3) is 7.53. The van der Waals surface area contributed by atoms with E-state index in [4.69, 9.17) is 14.2 Å². The van der Waals surface area contributed by atoms with Gasteiger partial charge in [0.25, 0.3) is 11.7 Å². The van der Waals surface area contributed by atoms with Gasteiger partial charge in [0.05, 0.1) is 31.9 Å². The summed E-state index contributed by atoms with van der Waals surface area (Å²) in [4.78, 5) is 30.2. The lowest BCUT2D eigenvalue weighted by molar-refractivity contribution is -0.139. The second-order valence-electron chi connectivity index (χ2n) is 9.99. The number of nitrogens with zero attached hydrogens (tertiary/aromatic N) is 2. The number of amides is 1. The summed E-state index contributed by atoms with van der Waals surface area (Å²) in [6.45, 7) is 6.37. The molecule has 2 aromatic rings. The number of ketones is 1. The fraction of sp³-hybridized carbons (Fsp3) is 0.484. The molecule has 0 aliphatic carbocycles. The molecule has 1 N–H and O–H groups in total. The highest BCUT2D eigenvalue weighted by molar-refractivity contribution is 6.46. The number of aliphatic hydroxyl groups is 1. The van der Waals surface area contributed by atoms with Gasteiger partial charge in [0, 0.05) is 12.1 Å². The van der Waals surface area contributed by atoms with Crippen molar-refractivity contribution >= 4 is 17.4 Å². The molecule has 1 amide bonds. The first-order valence-electron chi connectivity index (χ1n) is 13.8. The zero-order valence-electron chi connectivity index (χ0n) is 23.9. The average Bonchev–Trinajstić information content (AvgIpc) is 3.18. The highest BCUT2D eigenvalue weighted by atomic mass is 16.5. The predicted octanol–water partition coefficient (Wildman–Crippen LogP) is 5.43. The van der Waals surface area contributed by atoms with Gasteiger partial charge in [-0.2, -0.15) is 0 Å². The topological polar surface area (TPSA) is 88.5 Å². The monoisotopic (exact) mass is 538 g/mol. The minimum atomic E-state index is -0.768. The Balaban J connectivity index is 2.05. The zero-order chi connectivity index (χ0) is 28.4. The molecular formula is C31H42N2O6. The second kappa shape index (κ2) is 14.6. The van der Waals surface area contributed by atoms with Crippen molar-refractivity contribution in [2.45, 2.75) is 52.0 Å². The Morgan fingerprint density at radius 3 is 2.44 bits per heavy atom. The Morgan fingerprint density at radius 1 is 0.949 bits per heavy atom. The van der Waals surface area contributed by atoms with E-state index in [-0.39, 0.29) is 11.3 Å². The first kappa shape index (κ1) is 30.0. The van der Waals surface area contributed by atoms with Gasteiger partial charge < -0.3 is 29.1 Å². The second-order valence-corrected chi connectivity index (χ2v) is 9.99. The van der Waals surface area contributed by atoms with Crippen molar-refractivity contribution in [3.8, 4) is 17.2 Å². The van der Waals surface area contributed by atoms with E-state index in [2.05, 4.69) is 6.92 Å². The van der Waals surface area contributed by atoms with Crippen LogP contribution in [0.3, 0.4) is 0 Å². The number of methoxy groups -OCH3 is 1. The van der Waals surface area contributed by atoms with E-state index >= 15 is 0 Å². The number of ether oxygens (including phenoxy) is 3. The average molecular weight is 539 g/mol. The number of hydrogen-bond acceptors (Lipinski definition) is 7. The van der Waals surface area contributed by atoms with Gasteiger partial charge in [0.1, 0.15) is 11.5 Å². The molecule has 8 heteroatoms. The van der Waals surface area contributed by atoms with Crippen molar-refractivity contribution in [2.24, 2.45) is 0 Å². The summed E-state index contributed by atoms with van der Waals surface area (Å²) < 4.78 is 17.3. The normalized spacial score (nSPS) is 16.7. The summed E-state index contributed by atoms with van der Waals surface area (Å²) in [5.41, 5.74) is 1.13. The minimum Gasteiger partial charge on any atom is -0.507 e. The van der Waals surface area contributed by atoms with Gasteiger partial charge in [-0.1, -0.05) is 44.9 Å². The van der Waals surface area contributed by atoms with Crippen LogP contribution in [0.1, 0.15) is 63.1 Å². The van der Waals surface area contributed by atoms with E-state index in [0.29, 0.717) is 54.6 Å². The van der Waals surface area contributed by atoms with Crippen LogP contribution in [0, 0.1) is 0 Å². The number of unbranched alkanes of at least 4 members (excludes halogenated alkanes) is 2. The molecule has 1 aliphatic heterocycles. The molecule has 8 nitrogen and oxygen atoms in total. The highest BCUT2D eigenvalue weighted by Gasteiger charge is 2.46. The lowest BCUT2D eigenvalue weighted by Crippen LogP contribution is -2.32. The Bertz CT molecular complexity index is 1160. The fourth-order valence-corrected chi connectivity index (χ4v) is 4.63. The van der Waals surface area contributed by atoms with Gasteiger partial charge in [-0.05, 0) is 69.7 Å². The molecule has 1 aliphatic rings. The Kier molecular flexibility index (Phi) is 11.2. The van der Waals surface area contributed by atoms with Gasteiger partial charge in [-0.3, -0.25) is 9.59 Å². The van der Waals surface area contributed by atoms with Gasteiger partial charge in [-0.25, -0.2) is 0 Å². The molecular weight excluding hydrogens is 496 g/mol. The van der Waals surface area contributed by atoms with Crippen LogP contribution >= 0.6 is 0 Å². The van der Waals surface area contributed by atoms with E-state index < -0.39 is 17.7 Å². The van der Waals surface area contributed by atoms with Crippen molar-refractivity contribution in [3.63, 3.8) is 0 Å². The summed E-state index contributed by atoms with van der Waals surface area (Å²) >= 11 is 0. The minimum absolute atomic E-state index is 0.0520. The van der Waals surface area contributed by atoms with E-state index in [1.54, 1.807) is 48.4 Å². The SMILES string of the molecule is CCCCCOc1ccc(C2/C(=C(\O)c3cccc(OCCC)c3)C(=O)C(=O)N2CCCN(C)C)cc1OC. The van der Waals surface area contributed by atoms with E-state index in [1.165, 1.54) is 0 Å². The summed E-state index contributed by atoms with van der Waals surface area (Å²) in [5, 5.41) is 11.4. The van der Waals surface area contributed by atoms with Crippen LogP contribution in [0.25, 0.3) is 5.76 Å². The molecule has 1 unspecified atom stereocenters. The number of rotatable bonds is 15. The lowest BCUT2D eigenvalue weighted by Gasteiger charge is -2.26. The van der Waals surface area contributed by atoms with Gasteiger partial charge >= 0.3 is 0 Å². The van der Waals surface area contributed by atoms with Gasteiger partial charge in [0.2, 0.25) is 0 Å². The summed E-state index contributed by atoms with van der Waals surface area (Å²) in [6, 6.07) is 11.6. The van der Waals surface area contributed by atoms with E-state index in [0.717, 1.165) is 32.2 Å².